The smallest absolute Gasteiger partial charge is 0.341 e. The Morgan fingerprint density at radius 2 is 1.62 bits per heavy atom. The van der Waals surface area contributed by atoms with Gasteiger partial charge in [-0.3, -0.25) is 0 Å². The summed E-state index contributed by atoms with van der Waals surface area (Å²) in [4.78, 5) is 12.2. The first kappa shape index (κ1) is 17.5. The van der Waals surface area contributed by atoms with Gasteiger partial charge in [-0.1, -0.05) is 51.1 Å². The Morgan fingerprint density at radius 3 is 2.10 bits per heavy atom. The topological polar surface area (TPSA) is 35.5 Å². The second-order valence-electron chi connectivity index (χ2n) is 4.98. The first-order valence-electron chi connectivity index (χ1n) is 7.73. The Labute approximate surface area is 129 Å². The standard InChI is InChI=1S/C17H26O3Si/c1-5-19-17(18)16(15-12-10-9-11-13-15)14-20-21(6-2,7-3)8-4/h9-14H,5-8H2,1-4H3/b16-14-. The predicted octanol–water partition coefficient (Wildman–Crippen LogP) is 4.61. The Balaban J connectivity index is 3.07. The molecular formula is C17H26O3Si. The molecule has 4 heteroatoms. The second kappa shape index (κ2) is 8.67. The van der Waals surface area contributed by atoms with Gasteiger partial charge in [0.2, 0.25) is 8.32 Å². The molecule has 0 saturated carbocycles. The van der Waals surface area contributed by atoms with E-state index in [0.717, 1.165) is 23.7 Å². The molecule has 0 aliphatic heterocycles. The largest absolute Gasteiger partial charge is 0.548 e. The van der Waals surface area contributed by atoms with Crippen LogP contribution in [0.1, 0.15) is 33.3 Å². The third-order valence-electron chi connectivity index (χ3n) is 3.94. The summed E-state index contributed by atoms with van der Waals surface area (Å²) in [7, 11) is -1.77. The van der Waals surface area contributed by atoms with Crippen molar-refractivity contribution in [2.45, 2.75) is 45.8 Å². The summed E-state index contributed by atoms with van der Waals surface area (Å²) >= 11 is 0. The van der Waals surface area contributed by atoms with E-state index in [4.69, 9.17) is 9.16 Å². The monoisotopic (exact) mass is 306 g/mol. The van der Waals surface area contributed by atoms with Gasteiger partial charge in [-0.15, -0.1) is 0 Å². The minimum atomic E-state index is -1.77. The van der Waals surface area contributed by atoms with Gasteiger partial charge in [-0.2, -0.15) is 0 Å². The summed E-state index contributed by atoms with van der Waals surface area (Å²) in [5, 5.41) is 0. The molecule has 0 aliphatic carbocycles. The molecule has 0 saturated heterocycles. The zero-order chi connectivity index (χ0) is 15.7. The van der Waals surface area contributed by atoms with Crippen LogP contribution in [0.15, 0.2) is 36.6 Å². The molecule has 0 radical (unpaired) electrons. The molecule has 21 heavy (non-hydrogen) atoms. The van der Waals surface area contributed by atoms with Gasteiger partial charge in [0.25, 0.3) is 0 Å². The highest BCUT2D eigenvalue weighted by Gasteiger charge is 2.30. The Bertz CT molecular complexity index is 456. The highest BCUT2D eigenvalue weighted by atomic mass is 28.4. The molecule has 0 aliphatic rings. The first-order chi connectivity index (χ1) is 10.1. The number of esters is 1. The van der Waals surface area contributed by atoms with Crippen molar-refractivity contribution in [3.63, 3.8) is 0 Å². The van der Waals surface area contributed by atoms with E-state index in [1.165, 1.54) is 0 Å². The third-order valence-corrected chi connectivity index (χ3v) is 8.42. The van der Waals surface area contributed by atoms with Crippen LogP contribution >= 0.6 is 0 Å². The molecule has 0 unspecified atom stereocenters. The van der Waals surface area contributed by atoms with Gasteiger partial charge >= 0.3 is 5.97 Å². The molecule has 1 aromatic carbocycles. The second-order valence-corrected chi connectivity index (χ2v) is 9.70. The number of benzene rings is 1. The average molecular weight is 306 g/mol. The van der Waals surface area contributed by atoms with Crippen molar-refractivity contribution < 1.29 is 14.0 Å². The van der Waals surface area contributed by atoms with E-state index in [-0.39, 0.29) is 5.97 Å². The quantitative estimate of drug-likeness (QED) is 0.304. The van der Waals surface area contributed by atoms with Crippen LogP contribution in [0.5, 0.6) is 0 Å². The van der Waals surface area contributed by atoms with E-state index in [9.17, 15) is 4.79 Å². The normalized spacial score (nSPS) is 12.1. The average Bonchev–Trinajstić information content (AvgIpc) is 2.53. The van der Waals surface area contributed by atoms with Gasteiger partial charge in [0.1, 0.15) is 0 Å². The van der Waals surface area contributed by atoms with Crippen LogP contribution in [-0.2, 0) is 14.0 Å². The van der Waals surface area contributed by atoms with Gasteiger partial charge < -0.3 is 9.16 Å². The SMILES string of the molecule is CCOC(=O)/C(=C\O[Si](CC)(CC)CC)c1ccccc1. The zero-order valence-corrected chi connectivity index (χ0v) is 14.5. The van der Waals surface area contributed by atoms with Crippen molar-refractivity contribution in [3.8, 4) is 0 Å². The Kier molecular flexibility index (Phi) is 7.23. The Morgan fingerprint density at radius 1 is 1.05 bits per heavy atom. The van der Waals surface area contributed by atoms with Gasteiger partial charge in [-0.25, -0.2) is 4.79 Å². The number of hydrogen-bond donors (Lipinski definition) is 0. The highest BCUT2D eigenvalue weighted by Crippen LogP contribution is 2.24. The lowest BCUT2D eigenvalue weighted by Crippen LogP contribution is -2.33. The van der Waals surface area contributed by atoms with E-state index in [1.54, 1.807) is 6.26 Å². The fourth-order valence-electron chi connectivity index (χ4n) is 2.24. The summed E-state index contributed by atoms with van der Waals surface area (Å²) < 4.78 is 11.3. The van der Waals surface area contributed by atoms with Gasteiger partial charge in [-0.05, 0) is 30.6 Å². The van der Waals surface area contributed by atoms with Crippen LogP contribution in [0.25, 0.3) is 5.57 Å². The fourth-order valence-corrected chi connectivity index (χ4v) is 4.61. The maximum Gasteiger partial charge on any atom is 0.341 e. The summed E-state index contributed by atoms with van der Waals surface area (Å²) in [6.07, 6.45) is 1.63. The van der Waals surface area contributed by atoms with Crippen molar-refractivity contribution in [2.24, 2.45) is 0 Å². The molecule has 0 N–H and O–H groups in total. The number of carbonyl (C=O) groups excluding carboxylic acids is 1. The van der Waals surface area contributed by atoms with Gasteiger partial charge in [0, 0.05) is 0 Å². The molecule has 0 atom stereocenters. The molecule has 1 rings (SSSR count). The van der Waals surface area contributed by atoms with Crippen LogP contribution in [0.2, 0.25) is 18.1 Å². The van der Waals surface area contributed by atoms with E-state index >= 15 is 0 Å². The molecule has 0 amide bonds. The number of ether oxygens (including phenoxy) is 1. The summed E-state index contributed by atoms with van der Waals surface area (Å²) in [6.45, 7) is 8.67. The van der Waals surface area contributed by atoms with Crippen molar-refractivity contribution >= 4 is 19.9 Å². The van der Waals surface area contributed by atoms with Crippen molar-refractivity contribution in [3.05, 3.63) is 42.2 Å². The minimum absolute atomic E-state index is 0.324. The van der Waals surface area contributed by atoms with E-state index < -0.39 is 8.32 Å². The van der Waals surface area contributed by atoms with Crippen molar-refractivity contribution in [1.82, 2.24) is 0 Å². The maximum absolute atomic E-state index is 12.2. The first-order valence-corrected chi connectivity index (χ1v) is 10.3. The highest BCUT2D eigenvalue weighted by molar-refractivity contribution is 6.73. The lowest BCUT2D eigenvalue weighted by molar-refractivity contribution is -0.136. The van der Waals surface area contributed by atoms with E-state index in [1.807, 2.05) is 37.3 Å². The lowest BCUT2D eigenvalue weighted by atomic mass is 10.1. The molecule has 0 bridgehead atoms. The molecule has 1 aromatic rings. The zero-order valence-electron chi connectivity index (χ0n) is 13.5. The summed E-state index contributed by atoms with van der Waals surface area (Å²) in [6, 6.07) is 12.7. The van der Waals surface area contributed by atoms with Crippen LogP contribution in [0, 0.1) is 0 Å². The summed E-state index contributed by atoms with van der Waals surface area (Å²) in [5.41, 5.74) is 1.34. The molecule has 0 heterocycles. The molecule has 0 aromatic heterocycles. The Hall–Kier alpha value is -1.55. The van der Waals surface area contributed by atoms with Crippen LogP contribution in [0.3, 0.4) is 0 Å². The van der Waals surface area contributed by atoms with E-state index in [0.29, 0.717) is 12.2 Å². The van der Waals surface area contributed by atoms with Crippen LogP contribution < -0.4 is 0 Å². The predicted molar refractivity (Wildman–Crippen MR) is 89.3 cm³/mol. The van der Waals surface area contributed by atoms with Gasteiger partial charge in [0.05, 0.1) is 18.4 Å². The maximum atomic E-state index is 12.2. The van der Waals surface area contributed by atoms with Gasteiger partial charge in [0.15, 0.2) is 0 Å². The fraction of sp³-hybridized carbons (Fsp3) is 0.471. The van der Waals surface area contributed by atoms with Crippen molar-refractivity contribution in [1.29, 1.82) is 0 Å². The summed E-state index contributed by atoms with van der Waals surface area (Å²) in [5.74, 6) is -0.324. The van der Waals surface area contributed by atoms with Crippen LogP contribution in [-0.4, -0.2) is 20.9 Å². The molecule has 0 fully saturated rings. The molecule has 0 spiro atoms. The number of hydrogen-bond acceptors (Lipinski definition) is 3. The number of rotatable bonds is 8. The number of carbonyl (C=O) groups is 1. The lowest BCUT2D eigenvalue weighted by Gasteiger charge is -2.27. The molecule has 116 valence electrons. The van der Waals surface area contributed by atoms with E-state index in [2.05, 4.69) is 20.8 Å². The minimum Gasteiger partial charge on any atom is -0.548 e. The molecular weight excluding hydrogens is 280 g/mol. The van der Waals surface area contributed by atoms with Crippen LogP contribution in [0.4, 0.5) is 0 Å². The van der Waals surface area contributed by atoms with Crippen molar-refractivity contribution in [2.75, 3.05) is 6.61 Å². The molecule has 3 nitrogen and oxygen atoms in total. The third kappa shape index (κ3) is 4.74.